The summed E-state index contributed by atoms with van der Waals surface area (Å²) in [6.45, 7) is 4.92. The Morgan fingerprint density at radius 1 is 1.03 bits per heavy atom. The number of carbonyl (C=O) groups is 3. The average Bonchev–Trinajstić information content (AvgIpc) is 3.35. The number of imide groups is 1. The van der Waals surface area contributed by atoms with Crippen LogP contribution in [0.15, 0.2) is 18.2 Å². The van der Waals surface area contributed by atoms with Crippen molar-refractivity contribution in [3.8, 4) is 0 Å². The lowest BCUT2D eigenvalue weighted by molar-refractivity contribution is -0.136. The minimum Gasteiger partial charge on any atom is -0.322 e. The predicted octanol–water partition coefficient (Wildman–Crippen LogP) is 0.877. The van der Waals surface area contributed by atoms with Crippen LogP contribution >= 0.6 is 0 Å². The quantitative estimate of drug-likeness (QED) is 0.726. The van der Waals surface area contributed by atoms with Crippen LogP contribution in [0.5, 0.6) is 0 Å². The minimum absolute atomic E-state index is 0.0945. The summed E-state index contributed by atoms with van der Waals surface area (Å²) in [7, 11) is 0. The number of nitrogens with one attached hydrogen (secondary N) is 2. The fourth-order valence-electron chi connectivity index (χ4n) is 6.73. The van der Waals surface area contributed by atoms with E-state index >= 15 is 0 Å². The third-order valence-corrected chi connectivity index (χ3v) is 8.15. The lowest BCUT2D eigenvalue weighted by atomic mass is 9.66. The van der Waals surface area contributed by atoms with Gasteiger partial charge in [0, 0.05) is 37.7 Å². The number of fused-ring (bicyclic) bond motifs is 3. The van der Waals surface area contributed by atoms with Crippen molar-refractivity contribution in [1.29, 1.82) is 0 Å². The highest BCUT2D eigenvalue weighted by molar-refractivity contribution is 6.05. The molecule has 0 spiro atoms. The first-order valence-electron chi connectivity index (χ1n) is 11.3. The Morgan fingerprint density at radius 2 is 1.90 bits per heavy atom. The van der Waals surface area contributed by atoms with Crippen LogP contribution < -0.4 is 10.6 Å². The van der Waals surface area contributed by atoms with Gasteiger partial charge in [0.05, 0.1) is 0 Å². The predicted molar refractivity (Wildman–Crippen MR) is 109 cm³/mol. The molecule has 0 aromatic heterocycles. The monoisotopic (exact) mass is 408 g/mol. The summed E-state index contributed by atoms with van der Waals surface area (Å²) in [4.78, 5) is 40.9. The molecule has 1 aromatic carbocycles. The average molecular weight is 409 g/mol. The zero-order valence-electron chi connectivity index (χ0n) is 17.1. The Morgan fingerprint density at radius 3 is 2.77 bits per heavy atom. The molecule has 5 atom stereocenters. The van der Waals surface area contributed by atoms with Gasteiger partial charge >= 0.3 is 0 Å². The van der Waals surface area contributed by atoms with Gasteiger partial charge in [-0.3, -0.25) is 24.6 Å². The topological polar surface area (TPSA) is 81.8 Å². The largest absolute Gasteiger partial charge is 0.322 e. The molecule has 1 aromatic rings. The Hall–Kier alpha value is -2.25. The first-order valence-corrected chi connectivity index (χ1v) is 11.3. The van der Waals surface area contributed by atoms with E-state index < -0.39 is 6.04 Å². The molecule has 0 radical (unpaired) electrons. The third-order valence-electron chi connectivity index (χ3n) is 8.15. The molecule has 1 saturated carbocycles. The van der Waals surface area contributed by atoms with Crippen molar-refractivity contribution in [2.24, 2.45) is 17.8 Å². The van der Waals surface area contributed by atoms with Crippen molar-refractivity contribution in [3.05, 3.63) is 34.9 Å². The standard InChI is InChI=1S/C23H28N4O3/c28-21-6-5-20(22(29)25-21)27-12-15-7-13(1-3-16(15)23(27)30)10-26-11-14-2-4-19(26)18-9-24-8-17(14)18/h1,3,7,14,17-20,24H,2,4-6,8-12H2,(H,25,28,29). The number of carbonyl (C=O) groups excluding carboxylic acids is 3. The van der Waals surface area contributed by atoms with Crippen LogP contribution in [-0.2, 0) is 22.7 Å². The first kappa shape index (κ1) is 18.5. The number of hydrogen-bond acceptors (Lipinski definition) is 5. The Labute approximate surface area is 176 Å². The van der Waals surface area contributed by atoms with Gasteiger partial charge in [0.2, 0.25) is 11.8 Å². The summed E-state index contributed by atoms with van der Waals surface area (Å²) in [6, 6.07) is 6.30. The van der Waals surface area contributed by atoms with Gasteiger partial charge in [-0.1, -0.05) is 12.1 Å². The molecule has 5 heterocycles. The molecule has 5 aliphatic heterocycles. The highest BCUT2D eigenvalue weighted by atomic mass is 16.2. The second-order valence-corrected chi connectivity index (χ2v) is 9.71. The number of piperidine rings is 3. The molecule has 158 valence electrons. The molecule has 1 aliphatic carbocycles. The molecule has 2 bridgehead atoms. The Kier molecular flexibility index (Phi) is 4.25. The number of rotatable bonds is 3. The molecule has 5 unspecified atom stereocenters. The normalized spacial score (nSPS) is 35.5. The van der Waals surface area contributed by atoms with Crippen molar-refractivity contribution in [2.75, 3.05) is 19.6 Å². The maximum Gasteiger partial charge on any atom is 0.255 e. The van der Waals surface area contributed by atoms with Crippen molar-refractivity contribution in [3.63, 3.8) is 0 Å². The van der Waals surface area contributed by atoms with Crippen LogP contribution in [0.3, 0.4) is 0 Å². The summed E-state index contributed by atoms with van der Waals surface area (Å²) < 4.78 is 0. The molecular formula is C23H28N4O3. The van der Waals surface area contributed by atoms with Gasteiger partial charge in [-0.25, -0.2) is 0 Å². The summed E-state index contributed by atoms with van der Waals surface area (Å²) in [6.07, 6.45) is 3.37. The van der Waals surface area contributed by atoms with E-state index in [1.165, 1.54) is 31.5 Å². The lowest BCUT2D eigenvalue weighted by Gasteiger charge is -2.52. The third kappa shape index (κ3) is 2.82. The highest BCUT2D eigenvalue weighted by Crippen LogP contribution is 2.45. The van der Waals surface area contributed by atoms with E-state index in [4.69, 9.17) is 0 Å². The number of hydrogen-bond donors (Lipinski definition) is 2. The molecule has 3 amide bonds. The summed E-state index contributed by atoms with van der Waals surface area (Å²) in [5.41, 5.74) is 2.95. The zero-order valence-corrected chi connectivity index (χ0v) is 17.1. The zero-order chi connectivity index (χ0) is 20.4. The molecule has 5 fully saturated rings. The van der Waals surface area contributed by atoms with E-state index in [1.54, 1.807) is 4.90 Å². The highest BCUT2D eigenvalue weighted by Gasteiger charge is 2.49. The Bertz CT molecular complexity index is 931. The summed E-state index contributed by atoms with van der Waals surface area (Å²) >= 11 is 0. The van der Waals surface area contributed by atoms with Crippen molar-refractivity contribution >= 4 is 17.7 Å². The number of nitrogens with zero attached hydrogens (tertiary/aromatic N) is 2. The van der Waals surface area contributed by atoms with Crippen LogP contribution in [0.1, 0.15) is 47.2 Å². The van der Waals surface area contributed by atoms with Gasteiger partial charge in [-0.15, -0.1) is 0 Å². The Balaban J connectivity index is 1.19. The van der Waals surface area contributed by atoms with Crippen LogP contribution in [-0.4, -0.2) is 59.2 Å². The number of amides is 3. The van der Waals surface area contributed by atoms with E-state index in [9.17, 15) is 14.4 Å². The van der Waals surface area contributed by atoms with Gasteiger partial charge in [0.15, 0.2) is 0 Å². The molecule has 7 heteroatoms. The van der Waals surface area contributed by atoms with E-state index in [1.807, 2.05) is 6.07 Å². The molecular weight excluding hydrogens is 380 g/mol. The molecule has 6 aliphatic rings. The van der Waals surface area contributed by atoms with Gasteiger partial charge in [-0.2, -0.15) is 0 Å². The van der Waals surface area contributed by atoms with Gasteiger partial charge in [0.25, 0.3) is 5.91 Å². The summed E-state index contributed by atoms with van der Waals surface area (Å²) in [5, 5.41) is 5.98. The molecule has 4 saturated heterocycles. The summed E-state index contributed by atoms with van der Waals surface area (Å²) in [5.74, 6) is 1.77. The van der Waals surface area contributed by atoms with Gasteiger partial charge in [-0.05, 0) is 67.3 Å². The second-order valence-electron chi connectivity index (χ2n) is 9.71. The van der Waals surface area contributed by atoms with Gasteiger partial charge in [0.1, 0.15) is 6.04 Å². The molecule has 30 heavy (non-hydrogen) atoms. The van der Waals surface area contributed by atoms with Crippen LogP contribution in [0.25, 0.3) is 0 Å². The first-order chi connectivity index (χ1) is 14.6. The maximum absolute atomic E-state index is 12.9. The molecule has 2 N–H and O–H groups in total. The SMILES string of the molecule is O=C1CCC(N2Cc3cc(CN4CC5CCC4C4CNCC54)ccc3C2=O)C(=O)N1. The molecule has 7 nitrogen and oxygen atoms in total. The van der Waals surface area contributed by atoms with E-state index in [2.05, 4.69) is 27.7 Å². The fourth-order valence-corrected chi connectivity index (χ4v) is 6.73. The van der Waals surface area contributed by atoms with Crippen molar-refractivity contribution in [1.82, 2.24) is 20.4 Å². The molecule has 7 rings (SSSR count). The lowest BCUT2D eigenvalue weighted by Crippen LogP contribution is -2.56. The van der Waals surface area contributed by atoms with Gasteiger partial charge < -0.3 is 10.2 Å². The van der Waals surface area contributed by atoms with E-state index in [-0.39, 0.29) is 24.1 Å². The van der Waals surface area contributed by atoms with Crippen LogP contribution in [0.2, 0.25) is 0 Å². The smallest absolute Gasteiger partial charge is 0.255 e. The fraction of sp³-hybridized carbons (Fsp3) is 0.609. The van der Waals surface area contributed by atoms with Crippen LogP contribution in [0, 0.1) is 17.8 Å². The maximum atomic E-state index is 12.9. The second kappa shape index (κ2) is 6.89. The number of benzene rings is 1. The van der Waals surface area contributed by atoms with Crippen molar-refractivity contribution < 1.29 is 14.4 Å². The van der Waals surface area contributed by atoms with E-state index in [0.717, 1.165) is 36.4 Å². The van der Waals surface area contributed by atoms with Crippen molar-refractivity contribution in [2.45, 2.75) is 50.9 Å². The minimum atomic E-state index is -0.546. The van der Waals surface area contributed by atoms with E-state index in [0.29, 0.717) is 24.6 Å². The van der Waals surface area contributed by atoms with Crippen LogP contribution in [0.4, 0.5) is 0 Å².